The van der Waals surface area contributed by atoms with E-state index in [1.165, 1.54) is 23.9 Å². The van der Waals surface area contributed by atoms with Crippen molar-refractivity contribution in [3.63, 3.8) is 0 Å². The first-order chi connectivity index (χ1) is 12.1. The fourth-order valence-electron chi connectivity index (χ4n) is 3.20. The molecular weight excluding hydrogens is 339 g/mol. The van der Waals surface area contributed by atoms with Crippen molar-refractivity contribution in [2.75, 3.05) is 6.54 Å². The second kappa shape index (κ2) is 6.54. The summed E-state index contributed by atoms with van der Waals surface area (Å²) in [6.07, 6.45) is 2.07. The first-order valence-corrected chi connectivity index (χ1v) is 9.00. The molecule has 1 saturated heterocycles. The van der Waals surface area contributed by atoms with Crippen LogP contribution < -0.4 is 5.32 Å². The molecule has 0 saturated carbocycles. The molecule has 0 spiro atoms. The second-order valence-electron chi connectivity index (χ2n) is 6.11. The number of hydrogen-bond acceptors (Lipinski definition) is 3. The van der Waals surface area contributed by atoms with Gasteiger partial charge < -0.3 is 9.67 Å². The lowest BCUT2D eigenvalue weighted by Gasteiger charge is -2.08. The van der Waals surface area contributed by atoms with Crippen LogP contribution in [0.1, 0.15) is 16.5 Å². The highest BCUT2D eigenvalue weighted by Gasteiger charge is 2.32. The van der Waals surface area contributed by atoms with Crippen molar-refractivity contribution in [1.29, 1.82) is 0 Å². The summed E-state index contributed by atoms with van der Waals surface area (Å²) in [6, 6.07) is 14.6. The summed E-state index contributed by atoms with van der Waals surface area (Å²) in [6.45, 7) is 1.10. The lowest BCUT2D eigenvalue weighted by molar-refractivity contribution is -0.136. The van der Waals surface area contributed by atoms with Gasteiger partial charge in [0, 0.05) is 35.8 Å². The van der Waals surface area contributed by atoms with Crippen LogP contribution in [-0.2, 0) is 11.3 Å². The summed E-state index contributed by atoms with van der Waals surface area (Å²) in [7, 11) is 0. The third-order valence-corrected chi connectivity index (χ3v) is 5.82. The topological polar surface area (TPSA) is 54.3 Å². The Morgan fingerprint density at radius 3 is 2.72 bits per heavy atom. The Morgan fingerprint density at radius 2 is 2.00 bits per heavy atom. The number of carbonyl (C=O) groups is 1. The van der Waals surface area contributed by atoms with Crippen molar-refractivity contribution >= 4 is 28.6 Å². The molecule has 4 rings (SSSR count). The number of carboxylic acids is 1. The van der Waals surface area contributed by atoms with E-state index in [0.717, 1.165) is 22.0 Å². The maximum Gasteiger partial charge on any atom is 0.318 e. The highest BCUT2D eigenvalue weighted by atomic mass is 32.2. The third kappa shape index (κ3) is 3.15. The number of fused-ring (bicyclic) bond motifs is 1. The zero-order chi connectivity index (χ0) is 17.4. The van der Waals surface area contributed by atoms with E-state index in [9.17, 15) is 14.3 Å². The molecule has 1 aromatic heterocycles. The molecule has 2 aromatic carbocycles. The summed E-state index contributed by atoms with van der Waals surface area (Å²) < 4.78 is 15.3. The zero-order valence-corrected chi connectivity index (χ0v) is 14.2. The zero-order valence-electron chi connectivity index (χ0n) is 13.4. The molecular formula is C19H17FN2O2S. The standard InChI is InChI=1S/C19H17FN2O2S/c20-13-7-5-12(6-8-13)10-22-11-15(14-3-1-2-4-16(14)22)18-21-9-17(25-18)19(23)24/h1-8,11,17-18,21H,9-10H2,(H,23,24)/t17-,18+/m0/s1. The van der Waals surface area contributed by atoms with Gasteiger partial charge in [0.1, 0.15) is 11.1 Å². The molecule has 0 bridgehead atoms. The van der Waals surface area contributed by atoms with Crippen molar-refractivity contribution in [1.82, 2.24) is 9.88 Å². The number of halogens is 1. The van der Waals surface area contributed by atoms with Gasteiger partial charge in [0.15, 0.2) is 0 Å². The van der Waals surface area contributed by atoms with Gasteiger partial charge in [-0.15, -0.1) is 11.8 Å². The number of rotatable bonds is 4. The molecule has 0 aliphatic carbocycles. The summed E-state index contributed by atoms with van der Waals surface area (Å²) in [5.74, 6) is -1.02. The molecule has 3 aromatic rings. The van der Waals surface area contributed by atoms with Gasteiger partial charge in [-0.2, -0.15) is 0 Å². The van der Waals surface area contributed by atoms with Gasteiger partial charge in [-0.05, 0) is 23.8 Å². The lowest BCUT2D eigenvalue weighted by Crippen LogP contribution is -2.21. The van der Waals surface area contributed by atoms with Crippen LogP contribution in [0.3, 0.4) is 0 Å². The van der Waals surface area contributed by atoms with Crippen LogP contribution >= 0.6 is 11.8 Å². The minimum atomic E-state index is -0.782. The predicted molar refractivity (Wildman–Crippen MR) is 97.2 cm³/mol. The van der Waals surface area contributed by atoms with E-state index >= 15 is 0 Å². The Hall–Kier alpha value is -2.31. The molecule has 25 heavy (non-hydrogen) atoms. The Labute approximate surface area is 148 Å². The number of para-hydroxylation sites is 1. The van der Waals surface area contributed by atoms with Gasteiger partial charge in [-0.3, -0.25) is 10.1 Å². The molecule has 0 unspecified atom stereocenters. The van der Waals surface area contributed by atoms with E-state index in [2.05, 4.69) is 28.2 Å². The molecule has 0 amide bonds. The van der Waals surface area contributed by atoms with E-state index in [-0.39, 0.29) is 11.2 Å². The molecule has 6 heteroatoms. The average molecular weight is 356 g/mol. The van der Waals surface area contributed by atoms with Gasteiger partial charge in [0.05, 0.1) is 5.37 Å². The normalized spacial score (nSPS) is 20.2. The number of aliphatic carboxylic acids is 1. The highest BCUT2D eigenvalue weighted by molar-refractivity contribution is 8.01. The molecule has 2 N–H and O–H groups in total. The van der Waals surface area contributed by atoms with Crippen LogP contribution in [0, 0.1) is 5.82 Å². The SMILES string of the molecule is O=C(O)[C@@H]1CN[C@@H](c2cn(Cc3ccc(F)cc3)c3ccccc23)S1. The number of nitrogens with one attached hydrogen (secondary N) is 1. The number of hydrogen-bond donors (Lipinski definition) is 2. The molecule has 4 nitrogen and oxygen atoms in total. The summed E-state index contributed by atoms with van der Waals surface area (Å²) in [5.41, 5.74) is 3.19. The smallest absolute Gasteiger partial charge is 0.318 e. The number of nitrogens with zero attached hydrogens (tertiary/aromatic N) is 1. The fraction of sp³-hybridized carbons (Fsp3) is 0.211. The molecule has 128 valence electrons. The second-order valence-corrected chi connectivity index (χ2v) is 7.42. The maximum atomic E-state index is 13.1. The van der Waals surface area contributed by atoms with Gasteiger partial charge in [-0.25, -0.2) is 4.39 Å². The molecule has 1 fully saturated rings. The van der Waals surface area contributed by atoms with E-state index in [1.807, 2.05) is 12.1 Å². The Bertz CT molecular complexity index is 923. The fourth-order valence-corrected chi connectivity index (χ4v) is 4.37. The monoisotopic (exact) mass is 356 g/mol. The lowest BCUT2D eigenvalue weighted by atomic mass is 10.1. The van der Waals surface area contributed by atoms with Crippen LogP contribution in [0.15, 0.2) is 54.7 Å². The number of aromatic nitrogens is 1. The van der Waals surface area contributed by atoms with Crippen molar-refractivity contribution in [3.8, 4) is 0 Å². The summed E-state index contributed by atoms with van der Waals surface area (Å²) >= 11 is 1.43. The van der Waals surface area contributed by atoms with E-state index in [0.29, 0.717) is 13.1 Å². The Morgan fingerprint density at radius 1 is 1.24 bits per heavy atom. The van der Waals surface area contributed by atoms with Crippen LogP contribution in [0.25, 0.3) is 10.9 Å². The van der Waals surface area contributed by atoms with Crippen molar-refractivity contribution in [2.45, 2.75) is 17.2 Å². The molecule has 0 radical (unpaired) electrons. The first kappa shape index (κ1) is 16.2. The van der Waals surface area contributed by atoms with E-state index < -0.39 is 11.2 Å². The minimum absolute atomic E-state index is 0.0412. The van der Waals surface area contributed by atoms with Crippen molar-refractivity contribution in [3.05, 3.63) is 71.7 Å². The van der Waals surface area contributed by atoms with Crippen LogP contribution in [0.5, 0.6) is 0 Å². The number of benzene rings is 2. The average Bonchev–Trinajstić information content (AvgIpc) is 3.22. The highest BCUT2D eigenvalue weighted by Crippen LogP contribution is 2.39. The van der Waals surface area contributed by atoms with Crippen molar-refractivity contribution in [2.24, 2.45) is 0 Å². The Balaban J connectivity index is 1.69. The minimum Gasteiger partial charge on any atom is -0.480 e. The van der Waals surface area contributed by atoms with E-state index in [4.69, 9.17) is 0 Å². The first-order valence-electron chi connectivity index (χ1n) is 8.05. The molecule has 2 heterocycles. The summed E-state index contributed by atoms with van der Waals surface area (Å²) in [5, 5.41) is 13.2. The maximum absolute atomic E-state index is 13.1. The van der Waals surface area contributed by atoms with Crippen LogP contribution in [0.4, 0.5) is 4.39 Å². The van der Waals surface area contributed by atoms with E-state index in [1.54, 1.807) is 12.1 Å². The van der Waals surface area contributed by atoms with Crippen molar-refractivity contribution < 1.29 is 14.3 Å². The third-order valence-electron chi connectivity index (χ3n) is 4.43. The van der Waals surface area contributed by atoms with Crippen LogP contribution in [-0.4, -0.2) is 27.4 Å². The molecule has 1 aliphatic rings. The number of thioether (sulfide) groups is 1. The number of carboxylic acid groups (broad SMARTS) is 1. The summed E-state index contributed by atoms with van der Waals surface area (Å²) in [4.78, 5) is 11.2. The van der Waals surface area contributed by atoms with Gasteiger partial charge in [-0.1, -0.05) is 30.3 Å². The quantitative estimate of drug-likeness (QED) is 0.750. The van der Waals surface area contributed by atoms with Gasteiger partial charge in [0.25, 0.3) is 0 Å². The largest absolute Gasteiger partial charge is 0.480 e. The predicted octanol–water partition coefficient (Wildman–Crippen LogP) is 3.62. The van der Waals surface area contributed by atoms with Crippen LogP contribution in [0.2, 0.25) is 0 Å². The Kier molecular flexibility index (Phi) is 4.23. The molecule has 1 aliphatic heterocycles. The molecule has 2 atom stereocenters. The van der Waals surface area contributed by atoms with Gasteiger partial charge in [0.2, 0.25) is 0 Å². The van der Waals surface area contributed by atoms with Gasteiger partial charge >= 0.3 is 5.97 Å².